The highest BCUT2D eigenvalue weighted by Crippen LogP contribution is 2.27. The quantitative estimate of drug-likeness (QED) is 0.116. The summed E-state index contributed by atoms with van der Waals surface area (Å²) in [5, 5.41) is 15.9. The fourth-order valence-corrected chi connectivity index (χ4v) is 4.55. The van der Waals surface area contributed by atoms with Gasteiger partial charge in [0.05, 0.1) is 12.2 Å². The maximum atomic E-state index is 13.0. The van der Waals surface area contributed by atoms with Crippen molar-refractivity contribution in [2.24, 2.45) is 0 Å². The second-order valence-corrected chi connectivity index (χ2v) is 9.40. The van der Waals surface area contributed by atoms with Crippen molar-refractivity contribution >= 4 is 16.9 Å². The Hall–Kier alpha value is -4.49. The van der Waals surface area contributed by atoms with Crippen LogP contribution in [0.3, 0.4) is 0 Å². The molecule has 0 amide bonds. The molecule has 1 aromatic heterocycles. The van der Waals surface area contributed by atoms with Crippen LogP contribution in [-0.2, 0) is 4.74 Å². The predicted molar refractivity (Wildman–Crippen MR) is 152 cm³/mol. The molecule has 0 aliphatic rings. The Bertz CT molecular complexity index is 1530. The number of carbonyl (C=O) groups is 1. The van der Waals surface area contributed by atoms with Crippen LogP contribution < -0.4 is 9.58 Å². The summed E-state index contributed by atoms with van der Waals surface area (Å²) in [4.78, 5) is 13.5. The predicted octanol–water partition coefficient (Wildman–Crippen LogP) is 6.28. The zero-order chi connectivity index (χ0) is 27.0. The molecule has 1 heterocycles. The first-order chi connectivity index (χ1) is 19.1. The molecule has 198 valence electrons. The molecule has 0 atom stereocenters. The van der Waals surface area contributed by atoms with Crippen molar-refractivity contribution in [3.63, 3.8) is 0 Å². The Kier molecular flexibility index (Phi) is 8.29. The number of carbonyl (C=O) groups excluding carboxylic acids is 1. The molecule has 0 saturated carbocycles. The smallest absolute Gasteiger partial charge is 0.366 e. The first-order valence-electron chi connectivity index (χ1n) is 13.2. The Morgan fingerprint density at radius 3 is 1.90 bits per heavy atom. The summed E-state index contributed by atoms with van der Waals surface area (Å²) < 4.78 is 12.1. The van der Waals surface area contributed by atoms with Crippen LogP contribution in [0.15, 0.2) is 97.1 Å². The van der Waals surface area contributed by atoms with Gasteiger partial charge in [0.15, 0.2) is 0 Å². The number of nitrogens with zero attached hydrogens (tertiary/aromatic N) is 3. The average Bonchev–Trinajstić information content (AvgIpc) is 3.33. The van der Waals surface area contributed by atoms with E-state index in [4.69, 9.17) is 9.47 Å². The minimum Gasteiger partial charge on any atom is -0.691 e. The molecule has 0 radical (unpaired) electrons. The number of unbranched alkanes of at least 4 members (excludes halogenated alkanes) is 3. The van der Waals surface area contributed by atoms with Crippen molar-refractivity contribution in [1.82, 2.24) is 9.90 Å². The molecular formula is C32H31N3O4. The van der Waals surface area contributed by atoms with E-state index in [2.05, 4.69) is 41.6 Å². The topological polar surface area (TPSA) is 80.3 Å². The number of aromatic nitrogens is 3. The molecule has 0 unspecified atom stereocenters. The zero-order valence-corrected chi connectivity index (χ0v) is 22.0. The van der Waals surface area contributed by atoms with E-state index in [1.807, 2.05) is 24.3 Å². The van der Waals surface area contributed by atoms with E-state index in [0.29, 0.717) is 21.4 Å². The van der Waals surface area contributed by atoms with Gasteiger partial charge in [-0.3, -0.25) is 0 Å². The minimum atomic E-state index is -0.350. The lowest BCUT2D eigenvalue weighted by molar-refractivity contribution is -0.645. The van der Waals surface area contributed by atoms with Crippen molar-refractivity contribution in [3.8, 4) is 28.0 Å². The van der Waals surface area contributed by atoms with Crippen LogP contribution in [0, 0.1) is 5.21 Å². The van der Waals surface area contributed by atoms with Gasteiger partial charge in [-0.15, -0.1) is 4.85 Å². The number of hydrogen-bond acceptors (Lipinski definition) is 5. The number of hydrogen-bond donors (Lipinski definition) is 0. The zero-order valence-electron chi connectivity index (χ0n) is 22.0. The number of fused-ring (bicyclic) bond motifs is 1. The molecule has 0 aliphatic carbocycles. The number of rotatable bonds is 11. The summed E-state index contributed by atoms with van der Waals surface area (Å²) in [5.74, 6) is 0.535. The van der Waals surface area contributed by atoms with Gasteiger partial charge in [0, 0.05) is 13.7 Å². The minimum absolute atomic E-state index is 0.350. The third kappa shape index (κ3) is 6.16. The molecule has 0 bridgehead atoms. The lowest BCUT2D eigenvalue weighted by atomic mass is 9.99. The lowest BCUT2D eigenvalue weighted by Crippen LogP contribution is -2.31. The standard InChI is InChI=1S/C32H31N3O4/c1-38-22-6-2-3-7-23-39-29-20-18-27(19-21-29)25-12-10-24(11-13-25)26-14-16-28(17-15-26)32(36)34-30-8-4-5-9-31(30)35(37)33-34/h4-5,8-21H,2-3,6-7,22-23H2,1H3. The molecule has 5 rings (SSSR count). The van der Waals surface area contributed by atoms with Gasteiger partial charge in [-0.1, -0.05) is 71.8 Å². The Balaban J connectivity index is 1.19. The van der Waals surface area contributed by atoms with Crippen molar-refractivity contribution in [2.75, 3.05) is 20.3 Å². The van der Waals surface area contributed by atoms with Crippen molar-refractivity contribution in [2.45, 2.75) is 25.7 Å². The second-order valence-electron chi connectivity index (χ2n) is 9.40. The fourth-order valence-electron chi connectivity index (χ4n) is 4.55. The average molecular weight is 522 g/mol. The van der Waals surface area contributed by atoms with E-state index < -0.39 is 0 Å². The molecule has 5 aromatic rings. The van der Waals surface area contributed by atoms with E-state index in [1.165, 1.54) is 6.42 Å². The van der Waals surface area contributed by atoms with E-state index >= 15 is 0 Å². The summed E-state index contributed by atoms with van der Waals surface area (Å²) in [6, 6.07) is 30.7. The first kappa shape index (κ1) is 26.1. The van der Waals surface area contributed by atoms with E-state index in [9.17, 15) is 10.0 Å². The lowest BCUT2D eigenvalue weighted by Gasteiger charge is -2.08. The van der Waals surface area contributed by atoms with Crippen molar-refractivity contribution < 1.29 is 19.1 Å². The van der Waals surface area contributed by atoms with Gasteiger partial charge in [0.25, 0.3) is 0 Å². The molecule has 7 nitrogen and oxygen atoms in total. The molecule has 0 aliphatic heterocycles. The molecule has 0 saturated heterocycles. The maximum absolute atomic E-state index is 13.0. The van der Waals surface area contributed by atoms with Crippen LogP contribution in [0.25, 0.3) is 33.3 Å². The van der Waals surface area contributed by atoms with Gasteiger partial charge >= 0.3 is 5.91 Å². The van der Waals surface area contributed by atoms with E-state index in [1.54, 1.807) is 43.5 Å². The van der Waals surface area contributed by atoms with Crippen molar-refractivity contribution in [3.05, 3.63) is 108 Å². The maximum Gasteiger partial charge on any atom is 0.366 e. The Labute approximate surface area is 227 Å². The highest BCUT2D eigenvalue weighted by molar-refractivity contribution is 6.00. The molecule has 4 aromatic carbocycles. The Morgan fingerprint density at radius 2 is 1.28 bits per heavy atom. The third-order valence-corrected chi connectivity index (χ3v) is 6.73. The summed E-state index contributed by atoms with van der Waals surface area (Å²) in [7, 11) is 1.74. The number of para-hydroxylation sites is 2. The number of ether oxygens (including phenoxy) is 2. The molecular weight excluding hydrogens is 490 g/mol. The molecule has 39 heavy (non-hydrogen) atoms. The second kappa shape index (κ2) is 12.4. The van der Waals surface area contributed by atoms with Crippen LogP contribution in [0.4, 0.5) is 0 Å². The van der Waals surface area contributed by atoms with Gasteiger partial charge < -0.3 is 14.7 Å². The number of methoxy groups -OCH3 is 1. The first-order valence-corrected chi connectivity index (χ1v) is 13.2. The summed E-state index contributed by atoms with van der Waals surface area (Å²) in [6.45, 7) is 1.55. The van der Waals surface area contributed by atoms with Gasteiger partial charge in [-0.05, 0) is 77.9 Å². The highest BCUT2D eigenvalue weighted by Gasteiger charge is 2.22. The van der Waals surface area contributed by atoms with Crippen molar-refractivity contribution in [1.29, 1.82) is 0 Å². The van der Waals surface area contributed by atoms with Gasteiger partial charge in [-0.25, -0.2) is 4.79 Å². The highest BCUT2D eigenvalue weighted by atomic mass is 16.5. The van der Waals surface area contributed by atoms with Gasteiger partial charge in [0.2, 0.25) is 11.0 Å². The molecule has 7 heteroatoms. The van der Waals surface area contributed by atoms with Gasteiger partial charge in [0.1, 0.15) is 11.0 Å². The summed E-state index contributed by atoms with van der Waals surface area (Å²) in [5.41, 5.74) is 5.57. The van der Waals surface area contributed by atoms with E-state index in [-0.39, 0.29) is 5.91 Å². The third-order valence-electron chi connectivity index (χ3n) is 6.73. The summed E-state index contributed by atoms with van der Waals surface area (Å²) >= 11 is 0. The molecule has 0 N–H and O–H groups in total. The largest absolute Gasteiger partial charge is 0.691 e. The van der Waals surface area contributed by atoms with Crippen LogP contribution in [0.2, 0.25) is 0 Å². The fraction of sp³-hybridized carbons (Fsp3) is 0.219. The van der Waals surface area contributed by atoms with Crippen LogP contribution >= 0.6 is 0 Å². The van der Waals surface area contributed by atoms with Crippen LogP contribution in [-0.4, -0.2) is 36.1 Å². The monoisotopic (exact) mass is 521 g/mol. The number of benzene rings is 4. The molecule has 0 spiro atoms. The van der Waals surface area contributed by atoms with E-state index in [0.717, 1.165) is 65.2 Å². The van der Waals surface area contributed by atoms with Gasteiger partial charge in [-0.2, -0.15) is 0 Å². The van der Waals surface area contributed by atoms with Crippen LogP contribution in [0.1, 0.15) is 36.0 Å². The van der Waals surface area contributed by atoms with Crippen LogP contribution in [0.5, 0.6) is 5.75 Å². The normalized spacial score (nSPS) is 11.1. The molecule has 0 fully saturated rings. The Morgan fingerprint density at radius 1 is 0.744 bits per heavy atom. The summed E-state index contributed by atoms with van der Waals surface area (Å²) in [6.07, 6.45) is 4.46. The SMILES string of the molecule is COCCCCCCOc1ccc(-c2ccc(-c3ccc(C(=O)n4n[n+]([O-])c5ccccc54)cc3)cc2)cc1.